The molecular formula is C12H13N3O3S. The molecule has 0 spiro atoms. The van der Waals surface area contributed by atoms with Crippen molar-refractivity contribution < 1.29 is 14.3 Å². The van der Waals surface area contributed by atoms with Crippen molar-refractivity contribution in [2.75, 3.05) is 19.5 Å². The molecule has 2 rings (SSSR count). The van der Waals surface area contributed by atoms with Gasteiger partial charge in [0.25, 0.3) is 0 Å². The van der Waals surface area contributed by atoms with Crippen LogP contribution in [0.5, 0.6) is 11.5 Å². The summed E-state index contributed by atoms with van der Waals surface area (Å²) < 4.78 is 10.4. The van der Waals surface area contributed by atoms with Crippen LogP contribution >= 0.6 is 11.3 Å². The van der Waals surface area contributed by atoms with Crippen molar-refractivity contribution in [3.05, 3.63) is 29.3 Å². The summed E-state index contributed by atoms with van der Waals surface area (Å²) in [5.41, 5.74) is 2.31. The van der Waals surface area contributed by atoms with Crippen molar-refractivity contribution in [1.82, 2.24) is 10.2 Å². The number of carbonyl (C=O) groups excluding carboxylic acids is 1. The molecule has 0 atom stereocenters. The zero-order chi connectivity index (χ0) is 13.7. The van der Waals surface area contributed by atoms with Crippen LogP contribution in [0, 0.1) is 0 Å². The molecule has 6 nitrogen and oxygen atoms in total. The molecule has 7 heteroatoms. The summed E-state index contributed by atoms with van der Waals surface area (Å²) in [6.45, 7) is 0. The smallest absolute Gasteiger partial charge is 0.230 e. The molecule has 0 fully saturated rings. The summed E-state index contributed by atoms with van der Waals surface area (Å²) in [6, 6.07) is 5.33. The van der Waals surface area contributed by atoms with Gasteiger partial charge >= 0.3 is 0 Å². The highest BCUT2D eigenvalue weighted by molar-refractivity contribution is 7.13. The molecule has 0 aliphatic rings. The first kappa shape index (κ1) is 13.3. The van der Waals surface area contributed by atoms with E-state index in [1.54, 1.807) is 37.9 Å². The van der Waals surface area contributed by atoms with Crippen molar-refractivity contribution in [2.45, 2.75) is 6.42 Å². The van der Waals surface area contributed by atoms with E-state index in [2.05, 4.69) is 15.5 Å². The van der Waals surface area contributed by atoms with Crippen molar-refractivity contribution >= 4 is 22.4 Å². The predicted octanol–water partition coefficient (Wildman–Crippen LogP) is 1.74. The molecule has 1 N–H and O–H groups in total. The molecule has 19 heavy (non-hydrogen) atoms. The standard InChI is InChI=1S/C12H13N3O3S/c1-17-9-3-4-10(18-2)8(5-9)6-11(16)14-12-15-13-7-19-12/h3-5,7H,6H2,1-2H3,(H,14,15,16). The van der Waals surface area contributed by atoms with Gasteiger partial charge in [0.15, 0.2) is 0 Å². The lowest BCUT2D eigenvalue weighted by molar-refractivity contribution is -0.115. The minimum atomic E-state index is -0.177. The van der Waals surface area contributed by atoms with Crippen LogP contribution in [0.4, 0.5) is 5.13 Å². The fourth-order valence-electron chi connectivity index (χ4n) is 1.58. The van der Waals surface area contributed by atoms with Crippen LogP contribution in [-0.2, 0) is 11.2 Å². The lowest BCUT2D eigenvalue weighted by Crippen LogP contribution is -2.14. The molecule has 0 saturated carbocycles. The third-order valence-corrected chi connectivity index (χ3v) is 3.05. The molecule has 0 aliphatic carbocycles. The summed E-state index contributed by atoms with van der Waals surface area (Å²) in [6.07, 6.45) is 0.181. The number of anilines is 1. The maximum atomic E-state index is 11.9. The highest BCUT2D eigenvalue weighted by Gasteiger charge is 2.11. The normalized spacial score (nSPS) is 10.0. The van der Waals surface area contributed by atoms with Crippen LogP contribution in [0.2, 0.25) is 0 Å². The summed E-state index contributed by atoms with van der Waals surface area (Å²) >= 11 is 1.27. The number of hydrogen-bond donors (Lipinski definition) is 1. The number of methoxy groups -OCH3 is 2. The average molecular weight is 279 g/mol. The van der Waals surface area contributed by atoms with Crippen LogP contribution in [0.1, 0.15) is 5.56 Å². The van der Waals surface area contributed by atoms with Gasteiger partial charge < -0.3 is 14.8 Å². The van der Waals surface area contributed by atoms with Gasteiger partial charge in [0.1, 0.15) is 17.0 Å². The fourth-order valence-corrected chi connectivity index (χ4v) is 2.05. The molecule has 1 amide bonds. The molecule has 0 bridgehead atoms. The van der Waals surface area contributed by atoms with Crippen LogP contribution in [0.3, 0.4) is 0 Å². The summed E-state index contributed by atoms with van der Waals surface area (Å²) in [4.78, 5) is 11.9. The van der Waals surface area contributed by atoms with Gasteiger partial charge in [-0.2, -0.15) is 0 Å². The second kappa shape index (κ2) is 6.14. The molecule has 2 aromatic rings. The maximum absolute atomic E-state index is 11.9. The van der Waals surface area contributed by atoms with Gasteiger partial charge in [-0.05, 0) is 18.2 Å². The van der Waals surface area contributed by atoms with Gasteiger partial charge in [-0.1, -0.05) is 11.3 Å². The summed E-state index contributed by atoms with van der Waals surface area (Å²) in [5.74, 6) is 1.15. The largest absolute Gasteiger partial charge is 0.497 e. The lowest BCUT2D eigenvalue weighted by atomic mass is 10.1. The van der Waals surface area contributed by atoms with Crippen LogP contribution in [-0.4, -0.2) is 30.3 Å². The molecule has 0 aliphatic heterocycles. The maximum Gasteiger partial charge on any atom is 0.230 e. The van der Waals surface area contributed by atoms with Gasteiger partial charge in [0.05, 0.1) is 20.6 Å². The number of ether oxygens (including phenoxy) is 2. The van der Waals surface area contributed by atoms with Crippen LogP contribution in [0.15, 0.2) is 23.7 Å². The highest BCUT2D eigenvalue weighted by atomic mass is 32.1. The van der Waals surface area contributed by atoms with E-state index >= 15 is 0 Å². The molecule has 0 radical (unpaired) electrons. The Bertz CT molecular complexity index is 557. The first-order valence-electron chi connectivity index (χ1n) is 5.50. The Morgan fingerprint density at radius 1 is 1.37 bits per heavy atom. The van der Waals surface area contributed by atoms with Crippen LogP contribution in [0.25, 0.3) is 0 Å². The highest BCUT2D eigenvalue weighted by Crippen LogP contribution is 2.24. The van der Waals surface area contributed by atoms with Crippen molar-refractivity contribution in [3.8, 4) is 11.5 Å². The number of hydrogen-bond acceptors (Lipinski definition) is 6. The Kier molecular flexibility index (Phi) is 4.30. The summed E-state index contributed by atoms with van der Waals surface area (Å²) in [5, 5.41) is 10.6. The van der Waals surface area contributed by atoms with Crippen molar-refractivity contribution in [1.29, 1.82) is 0 Å². The number of rotatable bonds is 5. The van der Waals surface area contributed by atoms with Crippen molar-refractivity contribution in [3.63, 3.8) is 0 Å². The minimum absolute atomic E-state index is 0.177. The van der Waals surface area contributed by atoms with Gasteiger partial charge in [-0.15, -0.1) is 10.2 Å². The first-order chi connectivity index (χ1) is 9.22. The zero-order valence-corrected chi connectivity index (χ0v) is 11.4. The third kappa shape index (κ3) is 3.41. The van der Waals surface area contributed by atoms with Gasteiger partial charge in [0.2, 0.25) is 11.0 Å². The van der Waals surface area contributed by atoms with Gasteiger partial charge in [0, 0.05) is 5.56 Å². The number of benzene rings is 1. The number of nitrogens with zero attached hydrogens (tertiary/aromatic N) is 2. The Labute approximate surface area is 114 Å². The SMILES string of the molecule is COc1ccc(OC)c(CC(=O)Nc2nncs2)c1. The molecule has 1 aromatic heterocycles. The lowest BCUT2D eigenvalue weighted by Gasteiger charge is -2.09. The molecule has 0 saturated heterocycles. The van der Waals surface area contributed by atoms with E-state index < -0.39 is 0 Å². The zero-order valence-electron chi connectivity index (χ0n) is 10.5. The number of aromatic nitrogens is 2. The van der Waals surface area contributed by atoms with Crippen molar-refractivity contribution in [2.24, 2.45) is 0 Å². The molecule has 1 aromatic carbocycles. The topological polar surface area (TPSA) is 73.3 Å². The molecular weight excluding hydrogens is 266 g/mol. The Hall–Kier alpha value is -2.15. The monoisotopic (exact) mass is 279 g/mol. The second-order valence-electron chi connectivity index (χ2n) is 3.65. The second-order valence-corrected chi connectivity index (χ2v) is 4.48. The fraction of sp³-hybridized carbons (Fsp3) is 0.250. The van der Waals surface area contributed by atoms with Gasteiger partial charge in [-0.25, -0.2) is 0 Å². The Morgan fingerprint density at radius 2 is 2.21 bits per heavy atom. The minimum Gasteiger partial charge on any atom is -0.497 e. The Balaban J connectivity index is 2.10. The van der Waals surface area contributed by atoms with E-state index in [1.165, 1.54) is 11.3 Å². The van der Waals surface area contributed by atoms with Gasteiger partial charge in [-0.3, -0.25) is 4.79 Å². The van der Waals surface area contributed by atoms with E-state index in [1.807, 2.05) is 0 Å². The third-order valence-electron chi connectivity index (χ3n) is 2.44. The summed E-state index contributed by atoms with van der Waals surface area (Å²) in [7, 11) is 3.14. The van der Waals surface area contributed by atoms with E-state index in [9.17, 15) is 4.79 Å². The van der Waals surface area contributed by atoms with E-state index in [0.717, 1.165) is 5.56 Å². The predicted molar refractivity (Wildman–Crippen MR) is 71.8 cm³/mol. The average Bonchev–Trinajstić information content (AvgIpc) is 2.91. The van der Waals surface area contributed by atoms with Crippen LogP contribution < -0.4 is 14.8 Å². The van der Waals surface area contributed by atoms with E-state index in [0.29, 0.717) is 16.6 Å². The number of nitrogens with one attached hydrogen (secondary N) is 1. The Morgan fingerprint density at radius 3 is 2.84 bits per heavy atom. The number of carbonyl (C=O) groups is 1. The molecule has 0 unspecified atom stereocenters. The first-order valence-corrected chi connectivity index (χ1v) is 6.38. The number of amides is 1. The van der Waals surface area contributed by atoms with E-state index in [-0.39, 0.29) is 12.3 Å². The molecule has 100 valence electrons. The quantitative estimate of drug-likeness (QED) is 0.902. The molecule has 1 heterocycles. The van der Waals surface area contributed by atoms with E-state index in [4.69, 9.17) is 9.47 Å².